The van der Waals surface area contributed by atoms with Crippen LogP contribution in [0, 0.1) is 0 Å². The molecule has 2 heterocycles. The van der Waals surface area contributed by atoms with E-state index in [0.29, 0.717) is 16.3 Å². The number of pyridine rings is 1. The van der Waals surface area contributed by atoms with Gasteiger partial charge in [0.05, 0.1) is 23.0 Å². The van der Waals surface area contributed by atoms with Gasteiger partial charge in [0.15, 0.2) is 0 Å². The van der Waals surface area contributed by atoms with Gasteiger partial charge in [0, 0.05) is 15.7 Å². The van der Waals surface area contributed by atoms with E-state index < -0.39 is 0 Å². The van der Waals surface area contributed by atoms with Gasteiger partial charge < -0.3 is 5.32 Å². The van der Waals surface area contributed by atoms with Crippen molar-refractivity contribution in [3.05, 3.63) is 63.9 Å². The molecule has 1 amide bonds. The smallest absolute Gasteiger partial charge is 0.259 e. The van der Waals surface area contributed by atoms with Crippen molar-refractivity contribution in [1.82, 2.24) is 9.61 Å². The van der Waals surface area contributed by atoms with Gasteiger partial charge >= 0.3 is 0 Å². The number of rotatable bonds is 2. The number of hydrogen-bond donors (Lipinski definition) is 1. The molecule has 6 heteroatoms. The van der Waals surface area contributed by atoms with E-state index in [-0.39, 0.29) is 5.91 Å². The molecule has 0 saturated carbocycles. The summed E-state index contributed by atoms with van der Waals surface area (Å²) >= 11 is 9.24. The molecule has 1 N–H and O–H groups in total. The van der Waals surface area contributed by atoms with E-state index in [9.17, 15) is 4.79 Å². The summed E-state index contributed by atoms with van der Waals surface area (Å²) in [5.74, 6) is -0.214. The molecule has 0 radical (unpaired) electrons. The molecule has 0 spiro atoms. The molecule has 4 nitrogen and oxygen atoms in total. The first-order chi connectivity index (χ1) is 9.65. The zero-order chi connectivity index (χ0) is 14.1. The Labute approximate surface area is 128 Å². The maximum Gasteiger partial charge on any atom is 0.259 e. The Balaban J connectivity index is 1.93. The van der Waals surface area contributed by atoms with Crippen LogP contribution >= 0.6 is 27.5 Å². The summed E-state index contributed by atoms with van der Waals surface area (Å²) in [6.45, 7) is 0. The Hall–Kier alpha value is -1.85. The molecule has 20 heavy (non-hydrogen) atoms. The normalized spacial score (nSPS) is 10.7. The Morgan fingerprint density at radius 1 is 1.30 bits per heavy atom. The minimum atomic E-state index is -0.214. The van der Waals surface area contributed by atoms with Gasteiger partial charge in [-0.25, -0.2) is 4.52 Å². The average molecular weight is 351 g/mol. The molecule has 0 saturated heterocycles. The van der Waals surface area contributed by atoms with Crippen LogP contribution in [0.3, 0.4) is 0 Å². The van der Waals surface area contributed by atoms with Crippen molar-refractivity contribution in [3.8, 4) is 0 Å². The third kappa shape index (κ3) is 2.42. The second kappa shape index (κ2) is 5.26. The Bertz CT molecular complexity index is 800. The highest BCUT2D eigenvalue weighted by Crippen LogP contribution is 2.26. The third-order valence-corrected chi connectivity index (χ3v) is 3.74. The Morgan fingerprint density at radius 3 is 2.95 bits per heavy atom. The van der Waals surface area contributed by atoms with Gasteiger partial charge in [0.1, 0.15) is 0 Å². The highest BCUT2D eigenvalue weighted by molar-refractivity contribution is 9.10. The Morgan fingerprint density at radius 2 is 2.15 bits per heavy atom. The first-order valence-electron chi connectivity index (χ1n) is 5.84. The van der Waals surface area contributed by atoms with Crippen molar-refractivity contribution in [1.29, 1.82) is 0 Å². The summed E-state index contributed by atoms with van der Waals surface area (Å²) in [5, 5.41) is 7.58. The minimum Gasteiger partial charge on any atom is -0.321 e. The fourth-order valence-corrected chi connectivity index (χ4v) is 2.67. The number of amides is 1. The number of hydrogen-bond acceptors (Lipinski definition) is 2. The lowest BCUT2D eigenvalue weighted by Gasteiger charge is -2.06. The first-order valence-corrected chi connectivity index (χ1v) is 7.01. The predicted molar refractivity (Wildman–Crippen MR) is 82.3 cm³/mol. The number of nitrogens with one attached hydrogen (secondary N) is 1. The number of carbonyl (C=O) groups is 1. The second-order valence-electron chi connectivity index (χ2n) is 4.17. The number of benzene rings is 1. The molecule has 0 aliphatic heterocycles. The van der Waals surface area contributed by atoms with Crippen molar-refractivity contribution in [2.45, 2.75) is 0 Å². The summed E-state index contributed by atoms with van der Waals surface area (Å²) in [4.78, 5) is 12.3. The summed E-state index contributed by atoms with van der Waals surface area (Å²) in [6.07, 6.45) is 3.35. The molecule has 0 aliphatic rings. The zero-order valence-electron chi connectivity index (χ0n) is 10.2. The summed E-state index contributed by atoms with van der Waals surface area (Å²) in [7, 11) is 0. The van der Waals surface area contributed by atoms with E-state index in [1.54, 1.807) is 35.1 Å². The molecule has 1 aromatic carbocycles. The molecule has 0 aliphatic carbocycles. The van der Waals surface area contributed by atoms with Gasteiger partial charge in [-0.1, -0.05) is 17.7 Å². The minimum absolute atomic E-state index is 0.214. The predicted octanol–water partition coefficient (Wildman–Crippen LogP) is 4.00. The topological polar surface area (TPSA) is 46.4 Å². The van der Waals surface area contributed by atoms with E-state index in [4.69, 9.17) is 11.6 Å². The number of aromatic nitrogens is 2. The van der Waals surface area contributed by atoms with Gasteiger partial charge in [-0.05, 0) is 46.3 Å². The molecule has 3 aromatic rings. The average Bonchev–Trinajstić information content (AvgIpc) is 2.86. The zero-order valence-corrected chi connectivity index (χ0v) is 12.5. The fourth-order valence-electron chi connectivity index (χ4n) is 1.89. The molecule has 3 rings (SSSR count). The largest absolute Gasteiger partial charge is 0.321 e. The van der Waals surface area contributed by atoms with Crippen molar-refractivity contribution in [2.75, 3.05) is 5.32 Å². The SMILES string of the molecule is O=C(Nc1ccc(Cl)cc1Br)c1cnn2ccccc12. The first kappa shape index (κ1) is 13.1. The quantitative estimate of drug-likeness (QED) is 0.759. The maximum absolute atomic E-state index is 12.3. The van der Waals surface area contributed by atoms with E-state index in [1.165, 1.54) is 0 Å². The molecular weight excluding hydrogens is 342 g/mol. The van der Waals surface area contributed by atoms with Crippen LogP contribution in [0.25, 0.3) is 5.52 Å². The van der Waals surface area contributed by atoms with Crippen LogP contribution in [0.5, 0.6) is 0 Å². The monoisotopic (exact) mass is 349 g/mol. The second-order valence-corrected chi connectivity index (χ2v) is 5.46. The van der Waals surface area contributed by atoms with E-state index in [0.717, 1.165) is 9.99 Å². The van der Waals surface area contributed by atoms with Crippen LogP contribution in [-0.4, -0.2) is 15.5 Å². The lowest BCUT2D eigenvalue weighted by Crippen LogP contribution is -2.11. The van der Waals surface area contributed by atoms with Crippen LogP contribution in [0.15, 0.2) is 53.3 Å². The van der Waals surface area contributed by atoms with Gasteiger partial charge in [-0.2, -0.15) is 5.10 Å². The van der Waals surface area contributed by atoms with Crippen LogP contribution in [0.1, 0.15) is 10.4 Å². The van der Waals surface area contributed by atoms with E-state index in [2.05, 4.69) is 26.3 Å². The van der Waals surface area contributed by atoms with Gasteiger partial charge in [-0.3, -0.25) is 4.79 Å². The summed E-state index contributed by atoms with van der Waals surface area (Å²) in [6, 6.07) is 10.8. The molecular formula is C14H9BrClN3O. The van der Waals surface area contributed by atoms with Gasteiger partial charge in [0.25, 0.3) is 5.91 Å². The molecule has 0 atom stereocenters. The Kier molecular flexibility index (Phi) is 3.46. The van der Waals surface area contributed by atoms with Crippen LogP contribution in [-0.2, 0) is 0 Å². The van der Waals surface area contributed by atoms with Crippen LogP contribution in [0.2, 0.25) is 5.02 Å². The lowest BCUT2D eigenvalue weighted by atomic mass is 10.2. The van der Waals surface area contributed by atoms with Crippen LogP contribution < -0.4 is 5.32 Å². The number of anilines is 1. The number of fused-ring (bicyclic) bond motifs is 1. The van der Waals surface area contributed by atoms with Gasteiger partial charge in [0.2, 0.25) is 0 Å². The molecule has 0 bridgehead atoms. The highest BCUT2D eigenvalue weighted by atomic mass is 79.9. The third-order valence-electron chi connectivity index (χ3n) is 2.85. The number of halogens is 2. The summed E-state index contributed by atoms with van der Waals surface area (Å²) < 4.78 is 2.39. The standard InChI is InChI=1S/C14H9BrClN3O/c15-11-7-9(16)4-5-12(11)18-14(20)10-8-17-19-6-2-1-3-13(10)19/h1-8H,(H,18,20). The molecule has 2 aromatic heterocycles. The molecule has 0 unspecified atom stereocenters. The van der Waals surface area contributed by atoms with E-state index in [1.807, 2.05) is 18.2 Å². The lowest BCUT2D eigenvalue weighted by molar-refractivity contribution is 0.102. The molecule has 0 fully saturated rings. The van der Waals surface area contributed by atoms with Crippen molar-refractivity contribution < 1.29 is 4.79 Å². The molecule has 100 valence electrons. The number of carbonyl (C=O) groups excluding carboxylic acids is 1. The van der Waals surface area contributed by atoms with Crippen LogP contribution in [0.4, 0.5) is 5.69 Å². The summed E-state index contributed by atoms with van der Waals surface area (Å²) in [5.41, 5.74) is 1.94. The highest BCUT2D eigenvalue weighted by Gasteiger charge is 2.13. The number of nitrogens with zero attached hydrogens (tertiary/aromatic N) is 2. The fraction of sp³-hybridized carbons (Fsp3) is 0. The van der Waals surface area contributed by atoms with Crippen molar-refractivity contribution in [3.63, 3.8) is 0 Å². The van der Waals surface area contributed by atoms with E-state index >= 15 is 0 Å². The van der Waals surface area contributed by atoms with Crippen molar-refractivity contribution >= 4 is 44.6 Å². The maximum atomic E-state index is 12.3. The van der Waals surface area contributed by atoms with Crippen molar-refractivity contribution in [2.24, 2.45) is 0 Å². The van der Waals surface area contributed by atoms with Gasteiger partial charge in [-0.15, -0.1) is 0 Å².